The summed E-state index contributed by atoms with van der Waals surface area (Å²) in [7, 11) is 0.245. The van der Waals surface area contributed by atoms with E-state index < -0.39 is 10.2 Å². The normalized spacial score (nSPS) is 20.1. The quantitative estimate of drug-likeness (QED) is 0.386. The number of hydrogen-bond acceptors (Lipinski definition) is 4. The summed E-state index contributed by atoms with van der Waals surface area (Å²) in [6, 6.07) is 9.04. The highest BCUT2D eigenvalue weighted by Crippen LogP contribution is 2.26. The van der Waals surface area contributed by atoms with Crippen LogP contribution in [0.2, 0.25) is 0 Å². The Morgan fingerprint density at radius 3 is 2.45 bits per heavy atom. The summed E-state index contributed by atoms with van der Waals surface area (Å²) < 4.78 is 35.4. The van der Waals surface area contributed by atoms with Gasteiger partial charge in [-0.2, -0.15) is 12.7 Å². The van der Waals surface area contributed by atoms with Crippen molar-refractivity contribution < 1.29 is 13.2 Å². The van der Waals surface area contributed by atoms with Gasteiger partial charge in [0.25, 0.3) is 0 Å². The van der Waals surface area contributed by atoms with Crippen LogP contribution in [0.3, 0.4) is 0 Å². The third kappa shape index (κ3) is 8.46. The third-order valence-corrected chi connectivity index (χ3v) is 7.09. The number of anilines is 1. The van der Waals surface area contributed by atoms with Crippen LogP contribution in [0.15, 0.2) is 43.0 Å². The molecule has 0 aliphatic heterocycles. The monoisotopic (exact) mass is 423 g/mol. The number of ether oxygens (including phenoxy) is 1. The van der Waals surface area contributed by atoms with Gasteiger partial charge in [0.2, 0.25) is 0 Å². The molecule has 1 aliphatic rings. The molecule has 6 nitrogen and oxygen atoms in total. The smallest absolute Gasteiger partial charge is 0.301 e. The summed E-state index contributed by atoms with van der Waals surface area (Å²) in [5.74, 6) is 0. The highest BCUT2D eigenvalue weighted by atomic mass is 32.2. The van der Waals surface area contributed by atoms with Gasteiger partial charge in [0.1, 0.15) is 0 Å². The van der Waals surface area contributed by atoms with Crippen LogP contribution >= 0.6 is 0 Å². The second-order valence-electron chi connectivity index (χ2n) is 7.90. The Morgan fingerprint density at radius 1 is 1.10 bits per heavy atom. The Hall–Kier alpha value is -1.41. The molecule has 0 aromatic heterocycles. The minimum absolute atomic E-state index is 0.0245. The summed E-state index contributed by atoms with van der Waals surface area (Å²) in [5, 5.41) is 0. The van der Waals surface area contributed by atoms with E-state index in [1.807, 2.05) is 24.3 Å². The summed E-state index contributed by atoms with van der Waals surface area (Å²) >= 11 is 0. The molecule has 0 amide bonds. The number of rotatable bonds is 13. The maximum atomic E-state index is 12.6. The number of para-hydroxylation sites is 1. The number of nitrogens with one attached hydrogen (secondary N) is 1. The van der Waals surface area contributed by atoms with Crippen molar-refractivity contribution in [2.75, 3.05) is 38.5 Å². The zero-order valence-corrected chi connectivity index (χ0v) is 18.7. The molecule has 0 spiro atoms. The molecule has 164 valence electrons. The molecule has 0 atom stereocenters. The van der Waals surface area contributed by atoms with Gasteiger partial charge in [-0.1, -0.05) is 24.3 Å². The third-order valence-electron chi connectivity index (χ3n) is 5.54. The molecule has 1 N–H and O–H groups in total. The number of unbranched alkanes of at least 4 members (excludes halogenated alkanes) is 2. The molecular formula is C22H37N3O3S. The lowest BCUT2D eigenvalue weighted by atomic mass is 9.93. The van der Waals surface area contributed by atoms with Gasteiger partial charge in [-0.3, -0.25) is 4.72 Å². The van der Waals surface area contributed by atoms with Crippen LogP contribution in [-0.2, 0) is 14.9 Å². The Bertz CT molecular complexity index is 689. The summed E-state index contributed by atoms with van der Waals surface area (Å²) in [6.07, 6.45) is 9.12. The van der Waals surface area contributed by atoms with Crippen LogP contribution in [0, 0.1) is 0 Å². The first-order chi connectivity index (χ1) is 13.9. The van der Waals surface area contributed by atoms with Gasteiger partial charge in [0.15, 0.2) is 0 Å². The first-order valence-corrected chi connectivity index (χ1v) is 12.1. The molecule has 0 bridgehead atoms. The predicted octanol–water partition coefficient (Wildman–Crippen LogP) is 3.89. The molecule has 0 heterocycles. The molecule has 0 unspecified atom stereocenters. The van der Waals surface area contributed by atoms with Crippen LogP contribution in [0.1, 0.15) is 44.9 Å². The lowest BCUT2D eigenvalue weighted by molar-refractivity contribution is 0.0156. The van der Waals surface area contributed by atoms with Gasteiger partial charge in [-0.25, -0.2) is 0 Å². The van der Waals surface area contributed by atoms with Crippen molar-refractivity contribution in [2.24, 2.45) is 0 Å². The Balaban J connectivity index is 1.63. The van der Waals surface area contributed by atoms with Crippen LogP contribution in [-0.4, -0.2) is 63.6 Å². The molecule has 1 aromatic rings. The fourth-order valence-corrected chi connectivity index (χ4v) is 4.90. The fourth-order valence-electron chi connectivity index (χ4n) is 3.72. The number of likely N-dealkylation sites (N-methyl/N-ethyl adjacent to an activating group) is 1. The minimum atomic E-state index is -3.54. The minimum Gasteiger partial charge on any atom is -0.378 e. The number of hydrogen-bond donors (Lipinski definition) is 1. The Morgan fingerprint density at radius 2 is 1.79 bits per heavy atom. The predicted molar refractivity (Wildman–Crippen MR) is 120 cm³/mol. The van der Waals surface area contributed by atoms with Crippen LogP contribution in [0.5, 0.6) is 0 Å². The molecule has 0 radical (unpaired) electrons. The van der Waals surface area contributed by atoms with Gasteiger partial charge in [0.05, 0.1) is 6.10 Å². The zero-order chi connectivity index (χ0) is 21.1. The molecule has 1 aromatic carbocycles. The standard InChI is InChI=1S/C22H37N3O3S/c1-4-17-24(2)18-9-6-10-19-28-22-15-13-21(14-16-22)25(3)29(26,27)23-20-11-7-5-8-12-20/h4-5,7-8,11-12,21-23H,1,6,9-10,13-19H2,2-3H3. The fraction of sp³-hybridized carbons (Fsp3) is 0.636. The van der Waals surface area contributed by atoms with Crippen LogP contribution in [0.4, 0.5) is 5.69 Å². The lowest BCUT2D eigenvalue weighted by Crippen LogP contribution is -2.43. The van der Waals surface area contributed by atoms with E-state index in [0.717, 1.165) is 51.8 Å². The van der Waals surface area contributed by atoms with Crippen LogP contribution in [0.25, 0.3) is 0 Å². The maximum Gasteiger partial charge on any atom is 0.301 e. The topological polar surface area (TPSA) is 61.9 Å². The van der Waals surface area contributed by atoms with E-state index in [-0.39, 0.29) is 12.1 Å². The highest BCUT2D eigenvalue weighted by Gasteiger charge is 2.30. The summed E-state index contributed by atoms with van der Waals surface area (Å²) in [6.45, 7) is 6.58. The van der Waals surface area contributed by atoms with Crippen molar-refractivity contribution in [1.82, 2.24) is 9.21 Å². The van der Waals surface area contributed by atoms with Gasteiger partial charge >= 0.3 is 10.2 Å². The SMILES string of the molecule is C=CCN(C)CCCCCOC1CCC(N(C)S(=O)(=O)Nc2ccccc2)CC1. The van der Waals surface area contributed by atoms with E-state index in [4.69, 9.17) is 4.74 Å². The highest BCUT2D eigenvalue weighted by molar-refractivity contribution is 7.90. The molecule has 1 saturated carbocycles. The first kappa shape index (κ1) is 23.9. The van der Waals surface area contributed by atoms with E-state index in [9.17, 15) is 8.42 Å². The largest absolute Gasteiger partial charge is 0.378 e. The van der Waals surface area contributed by atoms with Gasteiger partial charge in [0, 0.05) is 31.9 Å². The van der Waals surface area contributed by atoms with Crippen molar-refractivity contribution in [1.29, 1.82) is 0 Å². The maximum absolute atomic E-state index is 12.6. The molecule has 1 fully saturated rings. The first-order valence-electron chi connectivity index (χ1n) is 10.6. The van der Waals surface area contributed by atoms with E-state index in [1.165, 1.54) is 17.1 Å². The lowest BCUT2D eigenvalue weighted by Gasteiger charge is -2.34. The average molecular weight is 424 g/mol. The van der Waals surface area contributed by atoms with Crippen molar-refractivity contribution >= 4 is 15.9 Å². The average Bonchev–Trinajstić information content (AvgIpc) is 2.71. The van der Waals surface area contributed by atoms with Gasteiger partial charge in [-0.05, 0) is 70.7 Å². The summed E-state index contributed by atoms with van der Waals surface area (Å²) in [4.78, 5) is 2.27. The Kier molecular flexibility index (Phi) is 10.1. The number of nitrogens with zero attached hydrogens (tertiary/aromatic N) is 2. The molecule has 29 heavy (non-hydrogen) atoms. The zero-order valence-electron chi connectivity index (χ0n) is 17.9. The van der Waals surface area contributed by atoms with Gasteiger partial charge in [-0.15, -0.1) is 6.58 Å². The molecular weight excluding hydrogens is 386 g/mol. The van der Waals surface area contributed by atoms with Crippen LogP contribution < -0.4 is 4.72 Å². The molecule has 2 rings (SSSR count). The van der Waals surface area contributed by atoms with Crippen molar-refractivity contribution in [3.8, 4) is 0 Å². The molecule has 7 heteroatoms. The van der Waals surface area contributed by atoms with Crippen molar-refractivity contribution in [2.45, 2.75) is 57.1 Å². The Labute approximate surface area is 177 Å². The van der Waals surface area contributed by atoms with E-state index in [1.54, 1.807) is 19.2 Å². The summed E-state index contributed by atoms with van der Waals surface area (Å²) in [5.41, 5.74) is 0.590. The number of benzene rings is 1. The molecule has 1 aliphatic carbocycles. The second-order valence-corrected chi connectivity index (χ2v) is 9.63. The van der Waals surface area contributed by atoms with E-state index in [0.29, 0.717) is 5.69 Å². The van der Waals surface area contributed by atoms with E-state index in [2.05, 4.69) is 23.2 Å². The van der Waals surface area contributed by atoms with Crippen molar-refractivity contribution in [3.63, 3.8) is 0 Å². The van der Waals surface area contributed by atoms with E-state index >= 15 is 0 Å². The second kappa shape index (κ2) is 12.3. The van der Waals surface area contributed by atoms with Crippen molar-refractivity contribution in [3.05, 3.63) is 43.0 Å². The molecule has 0 saturated heterocycles. The van der Waals surface area contributed by atoms with Gasteiger partial charge < -0.3 is 9.64 Å².